The first kappa shape index (κ1) is 19.9. The van der Waals surface area contributed by atoms with Crippen LogP contribution in [-0.4, -0.2) is 49.7 Å². The van der Waals surface area contributed by atoms with E-state index in [-0.39, 0.29) is 29.3 Å². The van der Waals surface area contributed by atoms with E-state index in [4.69, 9.17) is 4.98 Å². The first-order valence-electron chi connectivity index (χ1n) is 11.1. The molecule has 8 nitrogen and oxygen atoms in total. The number of hydrogen-bond acceptors (Lipinski definition) is 5. The van der Waals surface area contributed by atoms with E-state index in [2.05, 4.69) is 16.9 Å². The monoisotopic (exact) mass is 421 g/mol. The van der Waals surface area contributed by atoms with Gasteiger partial charge in [0.25, 0.3) is 11.5 Å². The van der Waals surface area contributed by atoms with Gasteiger partial charge in [0, 0.05) is 42.5 Å². The third kappa shape index (κ3) is 3.75. The summed E-state index contributed by atoms with van der Waals surface area (Å²) in [4.78, 5) is 54.1. The van der Waals surface area contributed by atoms with E-state index in [1.165, 1.54) is 0 Å². The second kappa shape index (κ2) is 7.90. The maximum absolute atomic E-state index is 13.0. The van der Waals surface area contributed by atoms with E-state index in [1.807, 2.05) is 4.90 Å². The van der Waals surface area contributed by atoms with Gasteiger partial charge in [0.2, 0.25) is 5.91 Å². The molecular weight excluding hydrogens is 394 g/mol. The van der Waals surface area contributed by atoms with Crippen LogP contribution in [-0.2, 0) is 17.8 Å². The van der Waals surface area contributed by atoms with Gasteiger partial charge in [-0.15, -0.1) is 0 Å². The van der Waals surface area contributed by atoms with Gasteiger partial charge in [-0.1, -0.05) is 6.92 Å². The number of carbonyl (C=O) groups is 2. The molecule has 2 aliphatic heterocycles. The molecule has 0 aromatic carbocycles. The molecule has 1 aliphatic carbocycles. The van der Waals surface area contributed by atoms with Crippen LogP contribution in [0.4, 0.5) is 0 Å². The van der Waals surface area contributed by atoms with E-state index in [1.54, 1.807) is 29.4 Å². The number of amides is 2. The summed E-state index contributed by atoms with van der Waals surface area (Å²) in [7, 11) is 0. The highest BCUT2D eigenvalue weighted by atomic mass is 16.2. The fourth-order valence-electron chi connectivity index (χ4n) is 4.83. The van der Waals surface area contributed by atoms with E-state index < -0.39 is 0 Å². The molecule has 8 heteroatoms. The number of rotatable bonds is 3. The number of carbonyl (C=O) groups excluding carboxylic acids is 2. The van der Waals surface area contributed by atoms with E-state index >= 15 is 0 Å². The molecule has 2 aromatic rings. The third-order valence-electron chi connectivity index (χ3n) is 6.83. The summed E-state index contributed by atoms with van der Waals surface area (Å²) in [6.45, 7) is 3.59. The Morgan fingerprint density at radius 1 is 1.16 bits per heavy atom. The maximum Gasteiger partial charge on any atom is 0.254 e. The van der Waals surface area contributed by atoms with Crippen molar-refractivity contribution >= 4 is 11.8 Å². The standard InChI is InChI=1S/C23H27N5O3/c1-14-12-17(14)23(31)28-10-3-2-4-19(28)20-25-18-13-27(11-7-16(18)21(29)26-20)22(30)15-5-8-24-9-6-15/h5-6,8-9,14,17,19H,2-4,7,10-13H2,1H3,(H,25,26,29)/t14-,17-,19+/m0/s1. The molecule has 2 amide bonds. The number of nitrogens with one attached hydrogen (secondary N) is 1. The van der Waals surface area contributed by atoms with E-state index in [9.17, 15) is 14.4 Å². The van der Waals surface area contributed by atoms with E-state index in [0.29, 0.717) is 54.6 Å². The maximum atomic E-state index is 13.0. The lowest BCUT2D eigenvalue weighted by Gasteiger charge is -2.36. The summed E-state index contributed by atoms with van der Waals surface area (Å²) in [5.74, 6) is 1.21. The molecule has 1 N–H and O–H groups in total. The van der Waals surface area contributed by atoms with Crippen LogP contribution in [0.1, 0.15) is 66.1 Å². The summed E-state index contributed by atoms with van der Waals surface area (Å²) in [6, 6.07) is 3.19. The van der Waals surface area contributed by atoms with Gasteiger partial charge in [-0.3, -0.25) is 19.4 Å². The van der Waals surface area contributed by atoms with Gasteiger partial charge in [-0.2, -0.15) is 0 Å². The summed E-state index contributed by atoms with van der Waals surface area (Å²) in [5.41, 5.74) is 1.72. The number of piperidine rings is 1. The topological polar surface area (TPSA) is 99.3 Å². The molecule has 162 valence electrons. The Labute approximate surface area is 180 Å². The first-order valence-corrected chi connectivity index (χ1v) is 11.1. The molecule has 3 atom stereocenters. The van der Waals surface area contributed by atoms with Crippen molar-refractivity contribution in [2.45, 2.75) is 51.6 Å². The highest BCUT2D eigenvalue weighted by molar-refractivity contribution is 5.94. The third-order valence-corrected chi connectivity index (χ3v) is 6.83. The highest BCUT2D eigenvalue weighted by Gasteiger charge is 2.44. The van der Waals surface area contributed by atoms with Crippen LogP contribution in [0, 0.1) is 11.8 Å². The molecule has 31 heavy (non-hydrogen) atoms. The van der Waals surface area contributed by atoms with Crippen LogP contribution in [0.2, 0.25) is 0 Å². The molecule has 4 heterocycles. The minimum atomic E-state index is -0.196. The molecule has 3 aliphatic rings. The number of fused-ring (bicyclic) bond motifs is 1. The van der Waals surface area contributed by atoms with Crippen LogP contribution in [0.5, 0.6) is 0 Å². The summed E-state index contributed by atoms with van der Waals surface area (Å²) >= 11 is 0. The lowest BCUT2D eigenvalue weighted by atomic mass is 9.99. The largest absolute Gasteiger partial charge is 0.332 e. The molecule has 2 aromatic heterocycles. The van der Waals surface area contributed by atoms with Crippen molar-refractivity contribution < 1.29 is 9.59 Å². The van der Waals surface area contributed by atoms with Crippen LogP contribution < -0.4 is 5.56 Å². The van der Waals surface area contributed by atoms with Crippen LogP contribution in [0.3, 0.4) is 0 Å². The van der Waals surface area contributed by atoms with E-state index in [0.717, 1.165) is 25.7 Å². The van der Waals surface area contributed by atoms with Gasteiger partial charge in [0.05, 0.1) is 18.3 Å². The van der Waals surface area contributed by atoms with Gasteiger partial charge in [0.15, 0.2) is 0 Å². The Morgan fingerprint density at radius 3 is 2.68 bits per heavy atom. The van der Waals surface area contributed by atoms with Crippen molar-refractivity contribution in [3.8, 4) is 0 Å². The van der Waals surface area contributed by atoms with Crippen molar-refractivity contribution in [1.29, 1.82) is 0 Å². The minimum absolute atomic E-state index is 0.0890. The van der Waals surface area contributed by atoms with Gasteiger partial charge in [0.1, 0.15) is 5.82 Å². The predicted molar refractivity (Wildman–Crippen MR) is 113 cm³/mol. The van der Waals surface area contributed by atoms with Gasteiger partial charge >= 0.3 is 0 Å². The van der Waals surface area contributed by atoms with Gasteiger partial charge in [-0.25, -0.2) is 4.98 Å². The number of pyridine rings is 1. The van der Waals surface area contributed by atoms with Gasteiger partial charge < -0.3 is 14.8 Å². The Kier molecular flexibility index (Phi) is 5.08. The van der Waals surface area contributed by atoms with Crippen LogP contribution in [0.15, 0.2) is 29.3 Å². The lowest BCUT2D eigenvalue weighted by molar-refractivity contribution is -0.137. The van der Waals surface area contributed by atoms with Crippen molar-refractivity contribution in [2.24, 2.45) is 11.8 Å². The smallest absolute Gasteiger partial charge is 0.254 e. The zero-order chi connectivity index (χ0) is 21.5. The zero-order valence-electron chi connectivity index (χ0n) is 17.7. The average Bonchev–Trinajstić information content (AvgIpc) is 3.54. The molecule has 1 saturated carbocycles. The number of nitrogens with zero attached hydrogens (tertiary/aromatic N) is 4. The number of hydrogen-bond donors (Lipinski definition) is 1. The fraction of sp³-hybridized carbons (Fsp3) is 0.522. The molecular formula is C23H27N5O3. The number of likely N-dealkylation sites (tertiary alicyclic amines) is 1. The lowest BCUT2D eigenvalue weighted by Crippen LogP contribution is -2.43. The Balaban J connectivity index is 1.42. The SMILES string of the molecule is C[C@H]1C[C@@H]1C(=O)N1CCCC[C@@H]1c1nc2c(c(=O)[nH]1)CCN(C(=O)c1ccncc1)C2. The number of aromatic nitrogens is 3. The van der Waals surface area contributed by atoms with Crippen LogP contribution >= 0.6 is 0 Å². The van der Waals surface area contributed by atoms with Crippen LogP contribution in [0.25, 0.3) is 0 Å². The molecule has 2 fully saturated rings. The fourth-order valence-corrected chi connectivity index (χ4v) is 4.83. The Bertz CT molecular complexity index is 1070. The second-order valence-electron chi connectivity index (χ2n) is 8.95. The minimum Gasteiger partial charge on any atom is -0.332 e. The molecule has 0 bridgehead atoms. The Hall–Kier alpha value is -3.03. The van der Waals surface area contributed by atoms with Crippen molar-refractivity contribution in [1.82, 2.24) is 24.8 Å². The summed E-state index contributed by atoms with van der Waals surface area (Å²) in [6.07, 6.45) is 7.40. The van der Waals surface area contributed by atoms with Crippen molar-refractivity contribution in [3.05, 3.63) is 57.5 Å². The zero-order valence-corrected chi connectivity index (χ0v) is 17.7. The molecule has 0 radical (unpaired) electrons. The van der Waals surface area contributed by atoms with Crippen molar-refractivity contribution in [2.75, 3.05) is 13.1 Å². The van der Waals surface area contributed by atoms with Gasteiger partial charge in [-0.05, 0) is 50.2 Å². The highest BCUT2D eigenvalue weighted by Crippen LogP contribution is 2.42. The molecule has 0 unspecified atom stereocenters. The molecule has 1 saturated heterocycles. The normalized spacial score (nSPS) is 25.1. The second-order valence-corrected chi connectivity index (χ2v) is 8.95. The number of aromatic amines is 1. The molecule has 0 spiro atoms. The van der Waals surface area contributed by atoms with Crippen molar-refractivity contribution in [3.63, 3.8) is 0 Å². The summed E-state index contributed by atoms with van der Waals surface area (Å²) in [5, 5.41) is 0. The average molecular weight is 422 g/mol. The molecule has 5 rings (SSSR count). The predicted octanol–water partition coefficient (Wildman–Crippen LogP) is 2.07. The summed E-state index contributed by atoms with van der Waals surface area (Å²) < 4.78 is 0. The quantitative estimate of drug-likeness (QED) is 0.818. The Morgan fingerprint density at radius 2 is 1.94 bits per heavy atom. The first-order chi connectivity index (χ1) is 15.0. The number of H-pyrrole nitrogens is 1.